The molecular formula is C17H19NO3. The Morgan fingerprint density at radius 2 is 1.90 bits per heavy atom. The first kappa shape index (κ1) is 15.1. The van der Waals surface area contributed by atoms with Crippen molar-refractivity contribution in [1.82, 2.24) is 5.48 Å². The van der Waals surface area contributed by atoms with Crippen molar-refractivity contribution in [2.75, 3.05) is 6.61 Å². The molecule has 0 fully saturated rings. The Balaban J connectivity index is 1.61. The molecular weight excluding hydrogens is 266 g/mol. The van der Waals surface area contributed by atoms with Gasteiger partial charge in [0.1, 0.15) is 5.75 Å². The number of aryl methyl sites for hydroxylation is 1. The van der Waals surface area contributed by atoms with E-state index in [0.29, 0.717) is 13.2 Å². The molecule has 0 aliphatic heterocycles. The van der Waals surface area contributed by atoms with E-state index in [-0.39, 0.29) is 12.3 Å². The van der Waals surface area contributed by atoms with Crippen molar-refractivity contribution in [1.29, 1.82) is 0 Å². The molecule has 4 heteroatoms. The van der Waals surface area contributed by atoms with Crippen LogP contribution >= 0.6 is 0 Å². The number of hydrogen-bond acceptors (Lipinski definition) is 3. The smallest absolute Gasteiger partial charge is 0.246 e. The average molecular weight is 285 g/mol. The minimum absolute atomic E-state index is 0.196. The SMILES string of the molecule is Cc1cccc(OCCC(=O)NOCc2ccccc2)c1. The fraction of sp³-hybridized carbons (Fsp3) is 0.235. The van der Waals surface area contributed by atoms with Gasteiger partial charge in [0, 0.05) is 0 Å². The van der Waals surface area contributed by atoms with E-state index >= 15 is 0 Å². The van der Waals surface area contributed by atoms with Crippen LogP contribution in [0.1, 0.15) is 17.5 Å². The predicted molar refractivity (Wildman–Crippen MR) is 80.7 cm³/mol. The summed E-state index contributed by atoms with van der Waals surface area (Å²) >= 11 is 0. The molecule has 2 aromatic rings. The molecule has 0 bridgehead atoms. The number of nitrogens with one attached hydrogen (secondary N) is 1. The molecule has 110 valence electrons. The first-order valence-electron chi connectivity index (χ1n) is 6.88. The largest absolute Gasteiger partial charge is 0.493 e. The number of ether oxygens (including phenoxy) is 1. The van der Waals surface area contributed by atoms with Crippen LogP contribution in [0.2, 0.25) is 0 Å². The number of hydrogen-bond donors (Lipinski definition) is 1. The molecule has 21 heavy (non-hydrogen) atoms. The number of rotatable bonds is 7. The van der Waals surface area contributed by atoms with Crippen LogP contribution in [0.4, 0.5) is 0 Å². The van der Waals surface area contributed by atoms with Gasteiger partial charge in [-0.05, 0) is 30.2 Å². The molecule has 0 aliphatic carbocycles. The van der Waals surface area contributed by atoms with Crippen molar-refractivity contribution in [3.8, 4) is 5.75 Å². The molecule has 2 aromatic carbocycles. The Labute approximate surface area is 124 Å². The lowest BCUT2D eigenvalue weighted by Crippen LogP contribution is -2.25. The molecule has 0 aromatic heterocycles. The summed E-state index contributed by atoms with van der Waals surface area (Å²) in [6.45, 7) is 2.67. The zero-order chi connectivity index (χ0) is 14.9. The van der Waals surface area contributed by atoms with Crippen LogP contribution in [0.25, 0.3) is 0 Å². The minimum Gasteiger partial charge on any atom is -0.493 e. The molecule has 0 atom stereocenters. The molecule has 4 nitrogen and oxygen atoms in total. The summed E-state index contributed by atoms with van der Waals surface area (Å²) in [5.74, 6) is 0.576. The Kier molecular flexibility index (Phi) is 5.79. The summed E-state index contributed by atoms with van der Waals surface area (Å²) in [5, 5.41) is 0. The predicted octanol–water partition coefficient (Wildman–Crippen LogP) is 3.01. The summed E-state index contributed by atoms with van der Waals surface area (Å²) in [5.41, 5.74) is 4.55. The Morgan fingerprint density at radius 3 is 2.67 bits per heavy atom. The first-order valence-corrected chi connectivity index (χ1v) is 6.88. The molecule has 0 radical (unpaired) electrons. The van der Waals surface area contributed by atoms with Crippen LogP contribution in [0.5, 0.6) is 5.75 Å². The summed E-state index contributed by atoms with van der Waals surface area (Å²) in [7, 11) is 0. The van der Waals surface area contributed by atoms with E-state index in [0.717, 1.165) is 16.9 Å². The fourth-order valence-corrected chi connectivity index (χ4v) is 1.79. The van der Waals surface area contributed by atoms with E-state index in [1.807, 2.05) is 61.5 Å². The van der Waals surface area contributed by atoms with E-state index in [4.69, 9.17) is 9.57 Å². The lowest BCUT2D eigenvalue weighted by molar-refractivity contribution is -0.135. The van der Waals surface area contributed by atoms with Gasteiger partial charge in [-0.15, -0.1) is 0 Å². The molecule has 0 unspecified atom stereocenters. The molecule has 0 aliphatic rings. The van der Waals surface area contributed by atoms with Gasteiger partial charge in [0.2, 0.25) is 5.91 Å². The highest BCUT2D eigenvalue weighted by Crippen LogP contribution is 2.12. The lowest BCUT2D eigenvalue weighted by Gasteiger charge is -2.08. The molecule has 0 saturated carbocycles. The topological polar surface area (TPSA) is 47.6 Å². The first-order chi connectivity index (χ1) is 10.2. The number of benzene rings is 2. The quantitative estimate of drug-likeness (QED) is 0.795. The average Bonchev–Trinajstić information content (AvgIpc) is 2.48. The maximum atomic E-state index is 11.6. The van der Waals surface area contributed by atoms with E-state index in [2.05, 4.69) is 5.48 Å². The van der Waals surface area contributed by atoms with Crippen LogP contribution in [-0.4, -0.2) is 12.5 Å². The lowest BCUT2D eigenvalue weighted by atomic mass is 10.2. The Bertz CT molecular complexity index is 569. The molecule has 1 N–H and O–H groups in total. The number of carbonyl (C=O) groups is 1. The van der Waals surface area contributed by atoms with Crippen molar-refractivity contribution in [2.24, 2.45) is 0 Å². The van der Waals surface area contributed by atoms with Gasteiger partial charge in [-0.1, -0.05) is 42.5 Å². The second-order valence-electron chi connectivity index (χ2n) is 4.71. The van der Waals surface area contributed by atoms with E-state index in [1.165, 1.54) is 0 Å². The van der Waals surface area contributed by atoms with Crippen molar-refractivity contribution in [3.05, 3.63) is 65.7 Å². The standard InChI is InChI=1S/C17H19NO3/c1-14-6-5-9-16(12-14)20-11-10-17(19)18-21-13-15-7-3-2-4-8-15/h2-9,12H,10-11,13H2,1H3,(H,18,19). The highest BCUT2D eigenvalue weighted by Gasteiger charge is 2.02. The highest BCUT2D eigenvalue weighted by atomic mass is 16.6. The third kappa shape index (κ3) is 5.67. The number of amides is 1. The van der Waals surface area contributed by atoms with Crippen LogP contribution in [0.3, 0.4) is 0 Å². The van der Waals surface area contributed by atoms with E-state index < -0.39 is 0 Å². The van der Waals surface area contributed by atoms with Crippen molar-refractivity contribution >= 4 is 5.91 Å². The normalized spacial score (nSPS) is 10.1. The zero-order valence-corrected chi connectivity index (χ0v) is 12.0. The van der Waals surface area contributed by atoms with E-state index in [1.54, 1.807) is 0 Å². The number of carbonyl (C=O) groups excluding carboxylic acids is 1. The number of hydroxylamine groups is 1. The minimum atomic E-state index is -0.196. The summed E-state index contributed by atoms with van der Waals surface area (Å²) in [6, 6.07) is 17.4. The molecule has 2 rings (SSSR count). The fourth-order valence-electron chi connectivity index (χ4n) is 1.79. The summed E-state index contributed by atoms with van der Waals surface area (Å²) < 4.78 is 5.51. The maximum absolute atomic E-state index is 11.6. The van der Waals surface area contributed by atoms with Gasteiger partial charge in [0.15, 0.2) is 0 Å². The van der Waals surface area contributed by atoms with Gasteiger partial charge in [-0.2, -0.15) is 0 Å². The van der Waals surface area contributed by atoms with Crippen LogP contribution in [0.15, 0.2) is 54.6 Å². The molecule has 0 spiro atoms. The third-order valence-corrected chi connectivity index (χ3v) is 2.86. The summed E-state index contributed by atoms with van der Waals surface area (Å²) in [6.07, 6.45) is 0.253. The van der Waals surface area contributed by atoms with Crippen molar-refractivity contribution in [2.45, 2.75) is 20.0 Å². The van der Waals surface area contributed by atoms with Crippen LogP contribution in [-0.2, 0) is 16.2 Å². The Morgan fingerprint density at radius 1 is 1.10 bits per heavy atom. The summed E-state index contributed by atoms with van der Waals surface area (Å²) in [4.78, 5) is 16.7. The van der Waals surface area contributed by atoms with Gasteiger partial charge in [-0.25, -0.2) is 5.48 Å². The van der Waals surface area contributed by atoms with Crippen molar-refractivity contribution in [3.63, 3.8) is 0 Å². The third-order valence-electron chi connectivity index (χ3n) is 2.86. The van der Waals surface area contributed by atoms with Gasteiger partial charge in [0.25, 0.3) is 0 Å². The van der Waals surface area contributed by atoms with Crippen LogP contribution < -0.4 is 10.2 Å². The monoisotopic (exact) mass is 285 g/mol. The second-order valence-corrected chi connectivity index (χ2v) is 4.71. The van der Waals surface area contributed by atoms with Crippen LogP contribution in [0, 0.1) is 6.92 Å². The highest BCUT2D eigenvalue weighted by molar-refractivity contribution is 5.74. The maximum Gasteiger partial charge on any atom is 0.246 e. The molecule has 0 heterocycles. The van der Waals surface area contributed by atoms with Gasteiger partial charge in [0.05, 0.1) is 19.6 Å². The molecule has 1 amide bonds. The second kappa shape index (κ2) is 8.07. The van der Waals surface area contributed by atoms with Gasteiger partial charge >= 0.3 is 0 Å². The molecule has 0 saturated heterocycles. The van der Waals surface area contributed by atoms with E-state index in [9.17, 15) is 4.79 Å². The zero-order valence-electron chi connectivity index (χ0n) is 12.0. The van der Waals surface area contributed by atoms with Crippen molar-refractivity contribution < 1.29 is 14.4 Å². The van der Waals surface area contributed by atoms with Gasteiger partial charge in [-0.3, -0.25) is 9.63 Å². The van der Waals surface area contributed by atoms with Gasteiger partial charge < -0.3 is 4.74 Å². The Hall–Kier alpha value is -2.33.